The number of anilines is 1. The van der Waals surface area contributed by atoms with Gasteiger partial charge in [0.2, 0.25) is 0 Å². The van der Waals surface area contributed by atoms with Gasteiger partial charge in [0.05, 0.1) is 18.7 Å². The van der Waals surface area contributed by atoms with Gasteiger partial charge in [-0.05, 0) is 45.6 Å². The first-order valence-corrected chi connectivity index (χ1v) is 10.1. The van der Waals surface area contributed by atoms with E-state index in [4.69, 9.17) is 15.5 Å². The highest BCUT2D eigenvalue weighted by Crippen LogP contribution is 2.42. The molecule has 2 aromatic rings. The zero-order valence-corrected chi connectivity index (χ0v) is 17.3. The SMILES string of the molecule is Cc1cc2c(nc(C(C)C3CC3)n2CCOCCNC(=O)NC(C)C)c(N)n1. The molecule has 3 rings (SSSR count). The van der Waals surface area contributed by atoms with Gasteiger partial charge in [0.25, 0.3) is 0 Å². The Balaban J connectivity index is 1.61. The Kier molecular flexibility index (Phi) is 6.39. The normalized spacial score (nSPS) is 15.2. The molecule has 1 aliphatic carbocycles. The van der Waals surface area contributed by atoms with Crippen LogP contribution in [-0.2, 0) is 11.3 Å². The number of aromatic nitrogens is 3. The third-order valence-corrected chi connectivity index (χ3v) is 5.07. The number of fused-ring (bicyclic) bond motifs is 1. The molecule has 8 nitrogen and oxygen atoms in total. The van der Waals surface area contributed by atoms with Crippen LogP contribution in [0.3, 0.4) is 0 Å². The maximum Gasteiger partial charge on any atom is 0.315 e. The van der Waals surface area contributed by atoms with E-state index in [0.717, 1.165) is 22.6 Å². The summed E-state index contributed by atoms with van der Waals surface area (Å²) in [6.45, 7) is 10.2. The van der Waals surface area contributed by atoms with Crippen molar-refractivity contribution in [2.24, 2.45) is 5.92 Å². The zero-order valence-electron chi connectivity index (χ0n) is 17.3. The van der Waals surface area contributed by atoms with Gasteiger partial charge in [0, 0.05) is 30.7 Å². The lowest BCUT2D eigenvalue weighted by atomic mass is 10.1. The number of nitrogen functional groups attached to an aromatic ring is 1. The topological polar surface area (TPSA) is 107 Å². The van der Waals surface area contributed by atoms with E-state index in [9.17, 15) is 4.79 Å². The summed E-state index contributed by atoms with van der Waals surface area (Å²) in [6.07, 6.45) is 2.52. The molecule has 0 radical (unpaired) electrons. The van der Waals surface area contributed by atoms with Gasteiger partial charge >= 0.3 is 6.03 Å². The molecule has 2 amide bonds. The molecule has 0 saturated heterocycles. The Morgan fingerprint density at radius 1 is 1.32 bits per heavy atom. The van der Waals surface area contributed by atoms with Crippen molar-refractivity contribution in [3.63, 3.8) is 0 Å². The van der Waals surface area contributed by atoms with Crippen molar-refractivity contribution in [1.29, 1.82) is 0 Å². The predicted octanol–water partition coefficient (Wildman–Crippen LogP) is 2.56. The van der Waals surface area contributed by atoms with E-state index in [1.807, 2.05) is 26.8 Å². The number of ether oxygens (including phenoxy) is 1. The first kappa shape index (κ1) is 20.4. The lowest BCUT2D eigenvalue weighted by molar-refractivity contribution is 0.128. The predicted molar refractivity (Wildman–Crippen MR) is 110 cm³/mol. The molecule has 0 bridgehead atoms. The maximum absolute atomic E-state index is 11.6. The van der Waals surface area contributed by atoms with Gasteiger partial charge in [0.15, 0.2) is 5.82 Å². The van der Waals surface area contributed by atoms with Crippen LogP contribution in [0.15, 0.2) is 6.07 Å². The highest BCUT2D eigenvalue weighted by molar-refractivity contribution is 5.86. The minimum absolute atomic E-state index is 0.118. The fraction of sp³-hybridized carbons (Fsp3) is 0.650. The molecule has 8 heteroatoms. The van der Waals surface area contributed by atoms with E-state index in [0.29, 0.717) is 44.0 Å². The number of nitrogens with zero attached hydrogens (tertiary/aromatic N) is 3. The molecule has 2 heterocycles. The molecule has 1 atom stereocenters. The van der Waals surface area contributed by atoms with Gasteiger partial charge in [-0.25, -0.2) is 14.8 Å². The van der Waals surface area contributed by atoms with Gasteiger partial charge < -0.3 is 25.7 Å². The summed E-state index contributed by atoms with van der Waals surface area (Å²) in [5, 5.41) is 5.57. The van der Waals surface area contributed by atoms with Crippen LogP contribution in [0.2, 0.25) is 0 Å². The van der Waals surface area contributed by atoms with Crippen molar-refractivity contribution in [2.75, 3.05) is 25.5 Å². The quantitative estimate of drug-likeness (QED) is 0.572. The molecule has 154 valence electrons. The lowest BCUT2D eigenvalue weighted by Gasteiger charge is -2.15. The van der Waals surface area contributed by atoms with Crippen molar-refractivity contribution in [1.82, 2.24) is 25.2 Å². The third-order valence-electron chi connectivity index (χ3n) is 5.07. The average molecular weight is 389 g/mol. The molecule has 1 unspecified atom stereocenters. The number of pyridine rings is 1. The average Bonchev–Trinajstić information content (AvgIpc) is 3.39. The minimum atomic E-state index is -0.168. The second-order valence-electron chi connectivity index (χ2n) is 7.93. The minimum Gasteiger partial charge on any atom is -0.382 e. The summed E-state index contributed by atoms with van der Waals surface area (Å²) >= 11 is 0. The van der Waals surface area contributed by atoms with Crippen molar-refractivity contribution >= 4 is 22.9 Å². The van der Waals surface area contributed by atoms with Crippen molar-refractivity contribution in [3.05, 3.63) is 17.6 Å². The summed E-state index contributed by atoms with van der Waals surface area (Å²) in [5.74, 6) is 2.65. The summed E-state index contributed by atoms with van der Waals surface area (Å²) in [4.78, 5) is 20.8. The molecule has 0 aromatic carbocycles. The van der Waals surface area contributed by atoms with Crippen LogP contribution in [-0.4, -0.2) is 46.4 Å². The molecule has 4 N–H and O–H groups in total. The van der Waals surface area contributed by atoms with Crippen LogP contribution in [0.25, 0.3) is 11.0 Å². The van der Waals surface area contributed by atoms with Crippen LogP contribution < -0.4 is 16.4 Å². The standard InChI is InChI=1S/C20H32N6O2/c1-12(2)23-20(27)22-7-9-28-10-8-26-16-11-13(3)24-18(21)17(16)25-19(26)14(4)15-5-6-15/h11-12,14-15H,5-10H2,1-4H3,(H2,21,24)(H2,22,23,27). The molecular formula is C20H32N6O2. The number of urea groups is 1. The first-order valence-electron chi connectivity index (χ1n) is 10.1. The molecule has 1 fully saturated rings. The lowest BCUT2D eigenvalue weighted by Crippen LogP contribution is -2.40. The number of rotatable bonds is 9. The molecular weight excluding hydrogens is 356 g/mol. The van der Waals surface area contributed by atoms with E-state index in [-0.39, 0.29) is 12.1 Å². The number of aryl methyl sites for hydroxylation is 1. The van der Waals surface area contributed by atoms with Gasteiger partial charge in [-0.1, -0.05) is 6.92 Å². The van der Waals surface area contributed by atoms with Crippen molar-refractivity contribution in [3.8, 4) is 0 Å². The Labute approximate surface area is 166 Å². The summed E-state index contributed by atoms with van der Waals surface area (Å²) < 4.78 is 7.97. The summed E-state index contributed by atoms with van der Waals surface area (Å²) in [7, 11) is 0. The Bertz CT molecular complexity index is 828. The summed E-state index contributed by atoms with van der Waals surface area (Å²) in [5.41, 5.74) is 8.81. The maximum atomic E-state index is 11.6. The van der Waals surface area contributed by atoms with Crippen LogP contribution in [0.5, 0.6) is 0 Å². The van der Waals surface area contributed by atoms with E-state index < -0.39 is 0 Å². The van der Waals surface area contributed by atoms with Gasteiger partial charge in [-0.2, -0.15) is 0 Å². The van der Waals surface area contributed by atoms with E-state index in [2.05, 4.69) is 27.1 Å². The molecule has 0 aliphatic heterocycles. The van der Waals surface area contributed by atoms with Gasteiger partial charge in [-0.3, -0.25) is 0 Å². The monoisotopic (exact) mass is 388 g/mol. The smallest absolute Gasteiger partial charge is 0.315 e. The Morgan fingerprint density at radius 2 is 2.07 bits per heavy atom. The van der Waals surface area contributed by atoms with E-state index in [1.165, 1.54) is 12.8 Å². The number of imidazole rings is 1. The fourth-order valence-corrected chi connectivity index (χ4v) is 3.49. The van der Waals surface area contributed by atoms with E-state index in [1.54, 1.807) is 0 Å². The van der Waals surface area contributed by atoms with Crippen LogP contribution in [0, 0.1) is 12.8 Å². The van der Waals surface area contributed by atoms with Crippen LogP contribution >= 0.6 is 0 Å². The van der Waals surface area contributed by atoms with Crippen LogP contribution in [0.4, 0.5) is 10.6 Å². The number of nitrogens with two attached hydrogens (primary N) is 1. The highest BCUT2D eigenvalue weighted by Gasteiger charge is 2.32. The van der Waals surface area contributed by atoms with Crippen LogP contribution in [0.1, 0.15) is 51.0 Å². The largest absolute Gasteiger partial charge is 0.382 e. The third kappa shape index (κ3) is 4.92. The van der Waals surface area contributed by atoms with Crippen molar-refractivity contribution in [2.45, 2.75) is 59.0 Å². The molecule has 2 aromatic heterocycles. The number of carbonyl (C=O) groups excluding carboxylic acids is 1. The van der Waals surface area contributed by atoms with Gasteiger partial charge in [-0.15, -0.1) is 0 Å². The number of hydrogen-bond acceptors (Lipinski definition) is 5. The summed E-state index contributed by atoms with van der Waals surface area (Å²) in [6, 6.07) is 1.99. The van der Waals surface area contributed by atoms with Crippen molar-refractivity contribution < 1.29 is 9.53 Å². The van der Waals surface area contributed by atoms with E-state index >= 15 is 0 Å². The molecule has 1 saturated carbocycles. The second-order valence-corrected chi connectivity index (χ2v) is 7.93. The number of hydrogen-bond donors (Lipinski definition) is 3. The molecule has 1 aliphatic rings. The Morgan fingerprint density at radius 3 is 2.75 bits per heavy atom. The Hall–Kier alpha value is -2.35. The van der Waals surface area contributed by atoms with Gasteiger partial charge in [0.1, 0.15) is 11.3 Å². The number of nitrogens with one attached hydrogen (secondary N) is 2. The molecule has 0 spiro atoms. The zero-order chi connectivity index (χ0) is 20.3. The fourth-order valence-electron chi connectivity index (χ4n) is 3.49. The first-order chi connectivity index (χ1) is 13.4. The molecule has 28 heavy (non-hydrogen) atoms. The highest BCUT2D eigenvalue weighted by atomic mass is 16.5. The number of carbonyl (C=O) groups is 1. The number of amides is 2. The second kappa shape index (κ2) is 8.77.